The van der Waals surface area contributed by atoms with Crippen LogP contribution in [0.15, 0.2) is 0 Å². The van der Waals surface area contributed by atoms with Crippen LogP contribution < -0.4 is 16.2 Å². The van der Waals surface area contributed by atoms with E-state index in [-0.39, 0.29) is 11.9 Å². The summed E-state index contributed by atoms with van der Waals surface area (Å²) in [6.45, 7) is 7.57. The van der Waals surface area contributed by atoms with Crippen LogP contribution in [0.4, 0.5) is 0 Å². The Bertz CT molecular complexity index is 466. The molecule has 1 aromatic heterocycles. The number of nitrogens with one attached hydrogen (secondary N) is 3. The van der Waals surface area contributed by atoms with E-state index in [2.05, 4.69) is 21.3 Å². The monoisotopic (exact) mass is 269 g/mol. The van der Waals surface area contributed by atoms with Gasteiger partial charge in [0.1, 0.15) is 0 Å². The smallest absolute Gasteiger partial charge is 0.273 e. The summed E-state index contributed by atoms with van der Waals surface area (Å²) in [6, 6.07) is 0.212. The van der Waals surface area contributed by atoms with Gasteiger partial charge in [-0.3, -0.25) is 20.3 Å². The molecule has 0 saturated carbocycles. The van der Waals surface area contributed by atoms with Crippen molar-refractivity contribution in [2.24, 2.45) is 7.05 Å². The highest BCUT2D eigenvalue weighted by Crippen LogP contribution is 2.10. The van der Waals surface area contributed by atoms with Crippen molar-refractivity contribution in [3.8, 4) is 0 Å². The number of aryl methyl sites for hydroxylation is 2. The molecular formula is C11H19N5OS. The quantitative estimate of drug-likeness (QED) is 0.540. The molecule has 1 heterocycles. The lowest BCUT2D eigenvalue weighted by atomic mass is 10.2. The molecule has 1 amide bonds. The number of rotatable bonds is 2. The number of aromatic nitrogens is 2. The van der Waals surface area contributed by atoms with E-state index in [1.54, 1.807) is 18.7 Å². The molecule has 0 aliphatic carbocycles. The van der Waals surface area contributed by atoms with E-state index in [4.69, 9.17) is 12.2 Å². The van der Waals surface area contributed by atoms with Gasteiger partial charge in [0.05, 0.1) is 11.3 Å². The molecule has 0 aromatic carbocycles. The molecule has 7 heteroatoms. The lowest BCUT2D eigenvalue weighted by Crippen LogP contribution is -2.48. The van der Waals surface area contributed by atoms with E-state index in [0.717, 1.165) is 5.69 Å². The Morgan fingerprint density at radius 3 is 2.39 bits per heavy atom. The molecule has 0 bridgehead atoms. The first-order valence-electron chi connectivity index (χ1n) is 5.70. The Morgan fingerprint density at radius 2 is 1.94 bits per heavy atom. The van der Waals surface area contributed by atoms with Crippen LogP contribution in [-0.2, 0) is 7.05 Å². The normalized spacial score (nSPS) is 10.3. The molecule has 0 saturated heterocycles. The third kappa shape index (κ3) is 3.43. The van der Waals surface area contributed by atoms with Crippen LogP contribution in [0.5, 0.6) is 0 Å². The van der Waals surface area contributed by atoms with Gasteiger partial charge in [0.15, 0.2) is 5.11 Å². The first-order valence-corrected chi connectivity index (χ1v) is 6.10. The van der Waals surface area contributed by atoms with Crippen molar-refractivity contribution >= 4 is 23.2 Å². The second-order valence-corrected chi connectivity index (χ2v) is 4.78. The zero-order valence-corrected chi connectivity index (χ0v) is 12.1. The molecule has 0 fully saturated rings. The summed E-state index contributed by atoms with van der Waals surface area (Å²) in [4.78, 5) is 12.0. The summed E-state index contributed by atoms with van der Waals surface area (Å²) >= 11 is 5.01. The van der Waals surface area contributed by atoms with E-state index in [9.17, 15) is 4.79 Å². The minimum atomic E-state index is -0.244. The van der Waals surface area contributed by atoms with E-state index in [0.29, 0.717) is 16.4 Å². The molecule has 0 aliphatic rings. The SMILES string of the molecule is Cc1nn(C)c(C)c1C(=O)NNC(=S)NC(C)C. The Kier molecular flexibility index (Phi) is 4.66. The topological polar surface area (TPSA) is 71.0 Å². The largest absolute Gasteiger partial charge is 0.359 e. The molecular weight excluding hydrogens is 250 g/mol. The van der Waals surface area contributed by atoms with Gasteiger partial charge in [0.2, 0.25) is 0 Å². The van der Waals surface area contributed by atoms with Crippen molar-refractivity contribution in [3.05, 3.63) is 17.0 Å². The van der Waals surface area contributed by atoms with E-state index in [1.165, 1.54) is 0 Å². The first-order chi connectivity index (χ1) is 8.32. The van der Waals surface area contributed by atoms with Gasteiger partial charge in [-0.15, -0.1) is 0 Å². The average molecular weight is 269 g/mol. The Morgan fingerprint density at radius 1 is 1.33 bits per heavy atom. The second-order valence-electron chi connectivity index (χ2n) is 4.38. The van der Waals surface area contributed by atoms with Crippen LogP contribution >= 0.6 is 12.2 Å². The standard InChI is InChI=1S/C11H19N5OS/c1-6(2)12-11(18)14-13-10(17)9-7(3)15-16(5)8(9)4/h6H,1-5H3,(H,13,17)(H2,12,14,18). The molecule has 0 aliphatic heterocycles. The van der Waals surface area contributed by atoms with Crippen LogP contribution in [-0.4, -0.2) is 26.8 Å². The van der Waals surface area contributed by atoms with Crippen LogP contribution in [0.3, 0.4) is 0 Å². The highest BCUT2D eigenvalue weighted by Gasteiger charge is 2.17. The number of nitrogens with zero attached hydrogens (tertiary/aromatic N) is 2. The molecule has 0 unspecified atom stereocenters. The Labute approximate surface area is 112 Å². The van der Waals surface area contributed by atoms with Gasteiger partial charge in [-0.25, -0.2) is 0 Å². The summed E-state index contributed by atoms with van der Waals surface area (Å²) in [5.74, 6) is -0.244. The molecule has 18 heavy (non-hydrogen) atoms. The minimum Gasteiger partial charge on any atom is -0.359 e. The number of hydrazine groups is 1. The van der Waals surface area contributed by atoms with Crippen molar-refractivity contribution in [2.45, 2.75) is 33.7 Å². The van der Waals surface area contributed by atoms with Gasteiger partial charge in [-0.1, -0.05) is 0 Å². The molecule has 1 rings (SSSR count). The molecule has 0 radical (unpaired) electrons. The predicted octanol–water partition coefficient (Wildman–Crippen LogP) is 0.554. The summed E-state index contributed by atoms with van der Waals surface area (Å²) in [5.41, 5.74) is 7.29. The second kappa shape index (κ2) is 5.81. The molecule has 1 aromatic rings. The minimum absolute atomic E-state index is 0.212. The number of hydrogen-bond donors (Lipinski definition) is 3. The fourth-order valence-electron chi connectivity index (χ4n) is 1.58. The van der Waals surface area contributed by atoms with Gasteiger partial charge < -0.3 is 5.32 Å². The fraction of sp³-hybridized carbons (Fsp3) is 0.545. The molecule has 6 nitrogen and oxygen atoms in total. The maximum absolute atomic E-state index is 12.0. The van der Waals surface area contributed by atoms with Gasteiger partial charge >= 0.3 is 0 Å². The van der Waals surface area contributed by atoms with Gasteiger partial charge in [-0.05, 0) is 39.9 Å². The maximum atomic E-state index is 12.0. The third-order valence-corrected chi connectivity index (χ3v) is 2.67. The van der Waals surface area contributed by atoms with Crippen molar-refractivity contribution in [2.75, 3.05) is 0 Å². The Hall–Kier alpha value is -1.63. The summed E-state index contributed by atoms with van der Waals surface area (Å²) in [6.07, 6.45) is 0. The number of carbonyl (C=O) groups excluding carboxylic acids is 1. The Balaban J connectivity index is 2.64. The molecule has 0 atom stereocenters. The van der Waals surface area contributed by atoms with Crippen molar-refractivity contribution in [3.63, 3.8) is 0 Å². The number of thiocarbonyl (C=S) groups is 1. The van der Waals surface area contributed by atoms with Crippen molar-refractivity contribution in [1.82, 2.24) is 25.9 Å². The van der Waals surface area contributed by atoms with Gasteiger partial charge in [-0.2, -0.15) is 5.10 Å². The van der Waals surface area contributed by atoms with Crippen LogP contribution in [0.1, 0.15) is 35.6 Å². The number of hydrogen-bond acceptors (Lipinski definition) is 3. The van der Waals surface area contributed by atoms with E-state index < -0.39 is 0 Å². The molecule has 100 valence electrons. The molecule has 0 spiro atoms. The van der Waals surface area contributed by atoms with E-state index >= 15 is 0 Å². The molecule has 3 N–H and O–H groups in total. The highest BCUT2D eigenvalue weighted by atomic mass is 32.1. The lowest BCUT2D eigenvalue weighted by molar-refractivity contribution is 0.0942. The summed E-state index contributed by atoms with van der Waals surface area (Å²) in [5, 5.41) is 7.54. The number of carbonyl (C=O) groups is 1. The fourth-order valence-corrected chi connectivity index (χ4v) is 1.86. The van der Waals surface area contributed by atoms with Crippen LogP contribution in [0.25, 0.3) is 0 Å². The first kappa shape index (κ1) is 14.4. The number of amides is 1. The zero-order valence-electron chi connectivity index (χ0n) is 11.3. The predicted molar refractivity (Wildman–Crippen MR) is 74.2 cm³/mol. The van der Waals surface area contributed by atoms with Gasteiger partial charge in [0, 0.05) is 18.8 Å². The van der Waals surface area contributed by atoms with E-state index in [1.807, 2.05) is 20.8 Å². The average Bonchev–Trinajstić information content (AvgIpc) is 2.49. The van der Waals surface area contributed by atoms with Crippen LogP contribution in [0.2, 0.25) is 0 Å². The lowest BCUT2D eigenvalue weighted by Gasteiger charge is -2.13. The van der Waals surface area contributed by atoms with Crippen molar-refractivity contribution < 1.29 is 4.79 Å². The summed E-state index contributed by atoms with van der Waals surface area (Å²) < 4.78 is 1.68. The summed E-state index contributed by atoms with van der Waals surface area (Å²) in [7, 11) is 1.80. The van der Waals surface area contributed by atoms with Gasteiger partial charge in [0.25, 0.3) is 5.91 Å². The maximum Gasteiger partial charge on any atom is 0.273 e. The van der Waals surface area contributed by atoms with Crippen molar-refractivity contribution in [1.29, 1.82) is 0 Å². The highest BCUT2D eigenvalue weighted by molar-refractivity contribution is 7.80. The zero-order chi connectivity index (χ0) is 13.9. The van der Waals surface area contributed by atoms with Crippen LogP contribution in [0, 0.1) is 13.8 Å². The third-order valence-electron chi connectivity index (χ3n) is 2.45.